The van der Waals surface area contributed by atoms with Crippen molar-refractivity contribution in [2.24, 2.45) is 0 Å². The van der Waals surface area contributed by atoms with Crippen LogP contribution in [-0.2, 0) is 0 Å². The topological polar surface area (TPSA) is 61.8 Å². The van der Waals surface area contributed by atoms with Gasteiger partial charge in [0.1, 0.15) is 17.2 Å². The van der Waals surface area contributed by atoms with Gasteiger partial charge in [-0.25, -0.2) is 4.79 Å². The Morgan fingerprint density at radius 2 is 1.57 bits per heavy atom. The summed E-state index contributed by atoms with van der Waals surface area (Å²) >= 11 is 0. The molecule has 3 aromatic carbocycles. The Balaban J connectivity index is 1.80. The number of esters is 1. The highest BCUT2D eigenvalue weighted by Gasteiger charge is 2.13. The molecule has 5 heteroatoms. The average molecular weight is 402 g/mol. The first-order valence-corrected chi connectivity index (χ1v) is 9.34. The number of rotatable bonds is 7. The molecule has 30 heavy (non-hydrogen) atoms. The van der Waals surface area contributed by atoms with Crippen molar-refractivity contribution in [3.05, 3.63) is 95.1 Å². The van der Waals surface area contributed by atoms with Crippen molar-refractivity contribution in [3.63, 3.8) is 0 Å². The molecule has 3 aromatic rings. The van der Waals surface area contributed by atoms with Gasteiger partial charge in [-0.3, -0.25) is 4.79 Å². The van der Waals surface area contributed by atoms with E-state index in [1.54, 1.807) is 67.8 Å². The van der Waals surface area contributed by atoms with Crippen molar-refractivity contribution in [1.82, 2.24) is 0 Å². The fraction of sp³-hybridized carbons (Fsp3) is 0.120. The standard InChI is InChI=1S/C25H22O5/c1-17-8-10-19(11-9-17)25(27)30-23-7-5-4-6-18(23)12-15-22(26)21-14-13-20(28-2)16-24(21)29-3/h4-16H,1-3H3. The van der Waals surface area contributed by atoms with Crippen molar-refractivity contribution < 1.29 is 23.8 Å². The van der Waals surface area contributed by atoms with Crippen LogP contribution in [-0.4, -0.2) is 26.0 Å². The van der Waals surface area contributed by atoms with Gasteiger partial charge < -0.3 is 14.2 Å². The third-order valence-corrected chi connectivity index (χ3v) is 4.50. The zero-order valence-electron chi connectivity index (χ0n) is 17.0. The van der Waals surface area contributed by atoms with Gasteiger partial charge in [0, 0.05) is 11.6 Å². The minimum Gasteiger partial charge on any atom is -0.497 e. The van der Waals surface area contributed by atoms with Crippen LogP contribution >= 0.6 is 0 Å². The monoisotopic (exact) mass is 402 g/mol. The van der Waals surface area contributed by atoms with Gasteiger partial charge in [0.05, 0.1) is 25.3 Å². The van der Waals surface area contributed by atoms with Gasteiger partial charge in [0.15, 0.2) is 5.78 Å². The molecular formula is C25H22O5. The van der Waals surface area contributed by atoms with Crippen molar-refractivity contribution in [2.75, 3.05) is 14.2 Å². The zero-order chi connectivity index (χ0) is 21.5. The van der Waals surface area contributed by atoms with E-state index >= 15 is 0 Å². The number of benzene rings is 3. The second-order valence-electron chi connectivity index (χ2n) is 6.56. The lowest BCUT2D eigenvalue weighted by Crippen LogP contribution is -2.09. The number of methoxy groups -OCH3 is 2. The van der Waals surface area contributed by atoms with Gasteiger partial charge in [0.2, 0.25) is 0 Å². The van der Waals surface area contributed by atoms with Crippen LogP contribution in [0.2, 0.25) is 0 Å². The van der Waals surface area contributed by atoms with Gasteiger partial charge in [-0.1, -0.05) is 35.9 Å². The summed E-state index contributed by atoms with van der Waals surface area (Å²) in [6.07, 6.45) is 3.03. The van der Waals surface area contributed by atoms with Crippen LogP contribution < -0.4 is 14.2 Å². The molecule has 0 fully saturated rings. The maximum atomic E-state index is 12.7. The lowest BCUT2D eigenvalue weighted by Gasteiger charge is -2.09. The summed E-state index contributed by atoms with van der Waals surface area (Å²) < 4.78 is 16.0. The molecule has 152 valence electrons. The number of ether oxygens (including phenoxy) is 3. The van der Waals surface area contributed by atoms with Crippen molar-refractivity contribution in [3.8, 4) is 17.2 Å². The Kier molecular flexibility index (Phi) is 6.65. The van der Waals surface area contributed by atoms with Crippen molar-refractivity contribution in [2.45, 2.75) is 6.92 Å². The fourth-order valence-corrected chi connectivity index (χ4v) is 2.82. The highest BCUT2D eigenvalue weighted by molar-refractivity contribution is 6.09. The lowest BCUT2D eigenvalue weighted by molar-refractivity contribution is 0.0734. The molecule has 0 atom stereocenters. The number of carbonyl (C=O) groups excluding carboxylic acids is 2. The van der Waals surface area contributed by atoms with E-state index in [9.17, 15) is 9.59 Å². The Labute approximate surface area is 175 Å². The summed E-state index contributed by atoms with van der Waals surface area (Å²) in [4.78, 5) is 25.1. The van der Waals surface area contributed by atoms with Crippen LogP contribution in [0.4, 0.5) is 0 Å². The van der Waals surface area contributed by atoms with E-state index in [4.69, 9.17) is 14.2 Å². The second kappa shape index (κ2) is 9.56. The van der Waals surface area contributed by atoms with Gasteiger partial charge in [-0.2, -0.15) is 0 Å². The third kappa shape index (κ3) is 4.94. The van der Waals surface area contributed by atoms with E-state index in [1.165, 1.54) is 13.2 Å². The van der Waals surface area contributed by atoms with Gasteiger partial charge in [-0.05, 0) is 49.4 Å². The third-order valence-electron chi connectivity index (χ3n) is 4.50. The number of allylic oxidation sites excluding steroid dienone is 1. The van der Waals surface area contributed by atoms with E-state index in [0.29, 0.717) is 33.9 Å². The first-order valence-electron chi connectivity index (χ1n) is 9.34. The summed E-state index contributed by atoms with van der Waals surface area (Å²) in [5.74, 6) is 0.686. The second-order valence-corrected chi connectivity index (χ2v) is 6.56. The summed E-state index contributed by atoms with van der Waals surface area (Å²) in [5, 5.41) is 0. The first kappa shape index (κ1) is 20.9. The summed E-state index contributed by atoms with van der Waals surface area (Å²) in [6.45, 7) is 1.95. The summed E-state index contributed by atoms with van der Waals surface area (Å²) in [7, 11) is 3.04. The Hall–Kier alpha value is -3.86. The van der Waals surface area contributed by atoms with E-state index < -0.39 is 5.97 Å². The highest BCUT2D eigenvalue weighted by atomic mass is 16.5. The summed E-state index contributed by atoms with van der Waals surface area (Å²) in [6, 6.07) is 19.2. The molecule has 0 unspecified atom stereocenters. The van der Waals surface area contributed by atoms with Crippen LogP contribution in [0, 0.1) is 6.92 Å². The molecule has 0 radical (unpaired) electrons. The molecule has 0 aliphatic heterocycles. The predicted octanol–water partition coefficient (Wildman–Crippen LogP) is 5.13. The number of carbonyl (C=O) groups is 2. The van der Waals surface area contributed by atoms with Crippen molar-refractivity contribution >= 4 is 17.8 Å². The minimum absolute atomic E-state index is 0.242. The molecule has 0 amide bonds. The highest BCUT2D eigenvalue weighted by Crippen LogP contribution is 2.26. The van der Waals surface area contributed by atoms with E-state index in [2.05, 4.69) is 0 Å². The lowest BCUT2D eigenvalue weighted by atomic mass is 10.1. The minimum atomic E-state index is -0.459. The number of aryl methyl sites for hydroxylation is 1. The molecule has 0 N–H and O–H groups in total. The molecule has 0 aliphatic carbocycles. The molecule has 5 nitrogen and oxygen atoms in total. The van der Waals surface area contributed by atoms with Gasteiger partial charge >= 0.3 is 5.97 Å². The smallest absolute Gasteiger partial charge is 0.343 e. The molecule has 0 saturated carbocycles. The Morgan fingerprint density at radius 1 is 0.833 bits per heavy atom. The fourth-order valence-electron chi connectivity index (χ4n) is 2.82. The molecule has 0 bridgehead atoms. The van der Waals surface area contributed by atoms with E-state index in [-0.39, 0.29) is 5.78 Å². The maximum absolute atomic E-state index is 12.7. The molecule has 0 saturated heterocycles. The average Bonchev–Trinajstić information content (AvgIpc) is 2.78. The normalized spacial score (nSPS) is 10.6. The quantitative estimate of drug-likeness (QED) is 0.237. The number of ketones is 1. The molecule has 0 heterocycles. The molecule has 0 aromatic heterocycles. The number of hydrogen-bond acceptors (Lipinski definition) is 5. The van der Waals surface area contributed by atoms with Crippen molar-refractivity contribution in [1.29, 1.82) is 0 Å². The predicted molar refractivity (Wildman–Crippen MR) is 115 cm³/mol. The van der Waals surface area contributed by atoms with Gasteiger partial charge in [-0.15, -0.1) is 0 Å². The zero-order valence-corrected chi connectivity index (χ0v) is 17.0. The maximum Gasteiger partial charge on any atom is 0.343 e. The largest absolute Gasteiger partial charge is 0.497 e. The number of hydrogen-bond donors (Lipinski definition) is 0. The molecule has 3 rings (SSSR count). The van der Waals surface area contributed by atoms with Crippen LogP contribution in [0.25, 0.3) is 6.08 Å². The molecular weight excluding hydrogens is 380 g/mol. The van der Waals surface area contributed by atoms with Crippen LogP contribution in [0.3, 0.4) is 0 Å². The molecule has 0 spiro atoms. The SMILES string of the molecule is COc1ccc(C(=O)C=Cc2ccccc2OC(=O)c2ccc(C)cc2)c(OC)c1. The van der Waals surface area contributed by atoms with Crippen LogP contribution in [0.15, 0.2) is 72.8 Å². The molecule has 0 aliphatic rings. The van der Waals surface area contributed by atoms with E-state index in [1.807, 2.05) is 19.1 Å². The van der Waals surface area contributed by atoms with Gasteiger partial charge in [0.25, 0.3) is 0 Å². The number of para-hydroxylation sites is 1. The van der Waals surface area contributed by atoms with Crippen LogP contribution in [0.5, 0.6) is 17.2 Å². The van der Waals surface area contributed by atoms with Crippen LogP contribution in [0.1, 0.15) is 31.8 Å². The van der Waals surface area contributed by atoms with E-state index in [0.717, 1.165) is 5.56 Å². The Bertz CT molecular complexity index is 1080. The first-order chi connectivity index (χ1) is 14.5. The Morgan fingerprint density at radius 3 is 2.27 bits per heavy atom. The summed E-state index contributed by atoms with van der Waals surface area (Å²) in [5.41, 5.74) is 2.53.